The van der Waals surface area contributed by atoms with Gasteiger partial charge in [0.15, 0.2) is 0 Å². The molecule has 22 heavy (non-hydrogen) atoms. The summed E-state index contributed by atoms with van der Waals surface area (Å²) in [7, 11) is 0. The topological polar surface area (TPSA) is 75.4 Å². The summed E-state index contributed by atoms with van der Waals surface area (Å²) in [4.78, 5) is 26.3. The largest absolute Gasteiger partial charge is 0.346 e. The van der Waals surface area contributed by atoms with Gasteiger partial charge in [0.2, 0.25) is 11.8 Å². The molecule has 3 N–H and O–H groups in total. The quantitative estimate of drug-likeness (QED) is 0.823. The number of hydrogen-bond donors (Lipinski definition) is 2. The van der Waals surface area contributed by atoms with Crippen LogP contribution in [0.2, 0.25) is 0 Å². The monoisotopic (exact) mass is 331 g/mol. The second kappa shape index (κ2) is 8.73. The van der Waals surface area contributed by atoms with Gasteiger partial charge in [-0.2, -0.15) is 0 Å². The zero-order valence-electron chi connectivity index (χ0n) is 13.7. The normalized spacial score (nSPS) is 25.9. The number of hydrogen-bond acceptors (Lipinski definition) is 3. The fourth-order valence-corrected chi connectivity index (χ4v) is 3.62. The van der Waals surface area contributed by atoms with E-state index < -0.39 is 6.04 Å². The molecule has 5 nitrogen and oxygen atoms in total. The zero-order valence-corrected chi connectivity index (χ0v) is 14.5. The zero-order chi connectivity index (χ0) is 15.4. The number of nitrogens with zero attached hydrogens (tertiary/aromatic N) is 1. The third-order valence-electron chi connectivity index (χ3n) is 5.00. The predicted octanol–water partition coefficient (Wildman–Crippen LogP) is 1.69. The molecule has 2 fully saturated rings. The Morgan fingerprint density at radius 3 is 2.50 bits per heavy atom. The van der Waals surface area contributed by atoms with E-state index in [0.717, 1.165) is 19.4 Å². The van der Waals surface area contributed by atoms with Crippen molar-refractivity contribution in [1.82, 2.24) is 10.2 Å². The Morgan fingerprint density at radius 1 is 1.18 bits per heavy atom. The summed E-state index contributed by atoms with van der Waals surface area (Å²) in [5.41, 5.74) is 5.79. The van der Waals surface area contributed by atoms with Crippen molar-refractivity contribution >= 4 is 24.2 Å². The summed E-state index contributed by atoms with van der Waals surface area (Å²) in [6.07, 6.45) is 7.22. The van der Waals surface area contributed by atoms with Crippen molar-refractivity contribution in [1.29, 1.82) is 0 Å². The molecule has 1 saturated carbocycles. The van der Waals surface area contributed by atoms with Crippen molar-refractivity contribution < 1.29 is 9.59 Å². The van der Waals surface area contributed by atoms with Crippen LogP contribution in [0.15, 0.2) is 0 Å². The van der Waals surface area contributed by atoms with E-state index >= 15 is 0 Å². The lowest BCUT2D eigenvalue weighted by Gasteiger charge is -2.44. The average molecular weight is 332 g/mol. The molecule has 2 amide bonds. The number of rotatable bonds is 4. The van der Waals surface area contributed by atoms with Crippen molar-refractivity contribution in [2.45, 2.75) is 64.5 Å². The second-order valence-corrected chi connectivity index (χ2v) is 6.83. The molecule has 0 aromatic carbocycles. The van der Waals surface area contributed by atoms with Gasteiger partial charge in [0.25, 0.3) is 0 Å². The summed E-state index contributed by atoms with van der Waals surface area (Å²) < 4.78 is 0. The Kier molecular flexibility index (Phi) is 7.63. The van der Waals surface area contributed by atoms with Crippen LogP contribution in [0, 0.1) is 11.8 Å². The Morgan fingerprint density at radius 2 is 1.82 bits per heavy atom. The lowest BCUT2D eigenvalue weighted by atomic mass is 9.78. The van der Waals surface area contributed by atoms with Gasteiger partial charge >= 0.3 is 0 Å². The van der Waals surface area contributed by atoms with Crippen LogP contribution in [0.25, 0.3) is 0 Å². The van der Waals surface area contributed by atoms with E-state index in [1.54, 1.807) is 0 Å². The number of carbonyl (C=O) groups excluding carboxylic acids is 2. The van der Waals surface area contributed by atoms with Gasteiger partial charge in [0.05, 0.1) is 12.6 Å². The minimum Gasteiger partial charge on any atom is -0.346 e. The molecule has 0 aromatic heterocycles. The van der Waals surface area contributed by atoms with Crippen LogP contribution >= 0.6 is 12.4 Å². The fraction of sp³-hybridized carbons (Fsp3) is 0.875. The number of amides is 2. The molecule has 2 unspecified atom stereocenters. The first-order valence-corrected chi connectivity index (χ1v) is 8.33. The second-order valence-electron chi connectivity index (χ2n) is 6.83. The molecule has 1 saturated heterocycles. The molecule has 0 bridgehead atoms. The van der Waals surface area contributed by atoms with Gasteiger partial charge in [0, 0.05) is 12.6 Å². The molecule has 0 radical (unpaired) electrons. The Bertz CT molecular complexity index is 388. The third-order valence-corrected chi connectivity index (χ3v) is 5.00. The maximum atomic E-state index is 12.4. The van der Waals surface area contributed by atoms with Crippen molar-refractivity contribution in [3.05, 3.63) is 0 Å². The third kappa shape index (κ3) is 4.59. The number of nitrogens with two attached hydrogens (primary N) is 1. The summed E-state index contributed by atoms with van der Waals surface area (Å²) in [6.45, 7) is 4.74. The number of nitrogens with one attached hydrogen (secondary N) is 1. The lowest BCUT2D eigenvalue weighted by molar-refractivity contribution is -0.138. The summed E-state index contributed by atoms with van der Waals surface area (Å²) in [5.74, 6) is 0.578. The van der Waals surface area contributed by atoms with Crippen LogP contribution in [0.1, 0.15) is 52.4 Å². The van der Waals surface area contributed by atoms with Crippen molar-refractivity contribution in [3.63, 3.8) is 0 Å². The number of fused-ring (bicyclic) bond motifs is 1. The molecule has 128 valence electrons. The molecule has 1 aliphatic carbocycles. The number of likely N-dealkylation sites (tertiary alicyclic amines) is 1. The number of carbonyl (C=O) groups is 2. The molecule has 2 aliphatic rings. The van der Waals surface area contributed by atoms with E-state index in [1.165, 1.54) is 25.7 Å². The molecule has 1 aliphatic heterocycles. The van der Waals surface area contributed by atoms with Crippen LogP contribution in [-0.4, -0.2) is 41.9 Å². The smallest absolute Gasteiger partial charge is 0.242 e. The first kappa shape index (κ1) is 19.2. The molecule has 0 aromatic rings. The van der Waals surface area contributed by atoms with Gasteiger partial charge in [-0.1, -0.05) is 26.7 Å². The number of piperidine rings is 1. The van der Waals surface area contributed by atoms with E-state index in [4.69, 9.17) is 5.73 Å². The Hall–Kier alpha value is -0.810. The molecule has 1 heterocycles. The molecular weight excluding hydrogens is 302 g/mol. The standard InChI is InChI=1S/C16H29N3O2.ClH/c1-11(2)15(17)16(21)18-10-14(20)19-9-5-7-12-6-3-4-8-13(12)19;/h11-13,15H,3-10,17H2,1-2H3,(H,18,21);1H/t12?,13?,15-;/m0./s1. The Labute approximate surface area is 139 Å². The van der Waals surface area contributed by atoms with Crippen LogP contribution in [0.4, 0.5) is 0 Å². The molecular formula is C16H30ClN3O2. The summed E-state index contributed by atoms with van der Waals surface area (Å²) in [5, 5.41) is 2.70. The molecule has 0 spiro atoms. The minimum atomic E-state index is -0.540. The fourth-order valence-electron chi connectivity index (χ4n) is 3.62. The van der Waals surface area contributed by atoms with Gasteiger partial charge < -0.3 is 16.0 Å². The van der Waals surface area contributed by atoms with Gasteiger partial charge in [-0.15, -0.1) is 12.4 Å². The van der Waals surface area contributed by atoms with E-state index in [1.807, 2.05) is 18.7 Å². The maximum Gasteiger partial charge on any atom is 0.242 e. The highest BCUT2D eigenvalue weighted by molar-refractivity contribution is 5.87. The maximum absolute atomic E-state index is 12.4. The van der Waals surface area contributed by atoms with E-state index in [-0.39, 0.29) is 36.7 Å². The van der Waals surface area contributed by atoms with Crippen LogP contribution in [0.5, 0.6) is 0 Å². The van der Waals surface area contributed by atoms with Gasteiger partial charge in [-0.05, 0) is 37.5 Å². The van der Waals surface area contributed by atoms with Gasteiger partial charge in [-0.25, -0.2) is 0 Å². The highest BCUT2D eigenvalue weighted by Gasteiger charge is 2.35. The van der Waals surface area contributed by atoms with Crippen molar-refractivity contribution in [2.75, 3.05) is 13.1 Å². The summed E-state index contributed by atoms with van der Waals surface area (Å²) >= 11 is 0. The van der Waals surface area contributed by atoms with Gasteiger partial charge in [-0.3, -0.25) is 9.59 Å². The van der Waals surface area contributed by atoms with Gasteiger partial charge in [0.1, 0.15) is 0 Å². The highest BCUT2D eigenvalue weighted by atomic mass is 35.5. The highest BCUT2D eigenvalue weighted by Crippen LogP contribution is 2.35. The predicted molar refractivity (Wildman–Crippen MR) is 89.8 cm³/mol. The molecule has 6 heteroatoms. The molecule has 2 rings (SSSR count). The Balaban J connectivity index is 0.00000242. The molecule has 3 atom stereocenters. The van der Waals surface area contributed by atoms with E-state index in [9.17, 15) is 9.59 Å². The average Bonchev–Trinajstić information content (AvgIpc) is 2.50. The summed E-state index contributed by atoms with van der Waals surface area (Å²) in [6, 6.07) is -0.141. The lowest BCUT2D eigenvalue weighted by Crippen LogP contribution is -2.53. The number of halogens is 1. The van der Waals surface area contributed by atoms with Crippen LogP contribution < -0.4 is 11.1 Å². The SMILES string of the molecule is CC(C)[C@H](N)C(=O)NCC(=O)N1CCCC2CCCCC21.Cl. The van der Waals surface area contributed by atoms with E-state index in [2.05, 4.69) is 5.32 Å². The first-order valence-electron chi connectivity index (χ1n) is 8.33. The van der Waals surface area contributed by atoms with Crippen molar-refractivity contribution in [3.8, 4) is 0 Å². The van der Waals surface area contributed by atoms with Crippen LogP contribution in [-0.2, 0) is 9.59 Å². The minimum absolute atomic E-state index is 0. The van der Waals surface area contributed by atoms with E-state index in [0.29, 0.717) is 12.0 Å². The van der Waals surface area contributed by atoms with Crippen LogP contribution in [0.3, 0.4) is 0 Å². The van der Waals surface area contributed by atoms with Crippen molar-refractivity contribution in [2.24, 2.45) is 17.6 Å². The first-order chi connectivity index (χ1) is 10.0.